The van der Waals surface area contributed by atoms with E-state index in [1.807, 2.05) is 12.3 Å². The normalized spacial score (nSPS) is 15.0. The van der Waals surface area contributed by atoms with Gasteiger partial charge < -0.3 is 4.74 Å². The lowest BCUT2D eigenvalue weighted by molar-refractivity contribution is 0.219. The predicted octanol–water partition coefficient (Wildman–Crippen LogP) is 5.28. The second-order valence-electron chi connectivity index (χ2n) is 5.40. The summed E-state index contributed by atoms with van der Waals surface area (Å²) >= 11 is 0. The molecule has 0 unspecified atom stereocenters. The van der Waals surface area contributed by atoms with Gasteiger partial charge in [-0.15, -0.1) is 0 Å². The van der Waals surface area contributed by atoms with Crippen LogP contribution in [-0.4, -0.2) is 11.6 Å². The third-order valence-electron chi connectivity index (χ3n) is 3.73. The summed E-state index contributed by atoms with van der Waals surface area (Å²) in [5, 5.41) is 2.39. The van der Waals surface area contributed by atoms with Gasteiger partial charge in [0, 0.05) is 17.2 Å². The van der Waals surface area contributed by atoms with Gasteiger partial charge in [-0.2, -0.15) is 0 Å². The van der Waals surface area contributed by atoms with Gasteiger partial charge in [0.15, 0.2) is 0 Å². The molecular weight excluding hydrogens is 270 g/mol. The Bertz CT molecular complexity index is 735. The van der Waals surface area contributed by atoms with Crippen LogP contribution < -0.4 is 0 Å². The van der Waals surface area contributed by atoms with Crippen molar-refractivity contribution in [3.8, 4) is 0 Å². The molecule has 0 atom stereocenters. The van der Waals surface area contributed by atoms with E-state index in [0.29, 0.717) is 0 Å². The summed E-state index contributed by atoms with van der Waals surface area (Å²) in [6.45, 7) is 2.90. The van der Waals surface area contributed by atoms with Crippen molar-refractivity contribution in [3.05, 3.63) is 71.8 Å². The van der Waals surface area contributed by atoms with Crippen LogP contribution in [0.5, 0.6) is 0 Å². The van der Waals surface area contributed by atoms with Crippen LogP contribution in [0.25, 0.3) is 16.8 Å². The van der Waals surface area contributed by atoms with Crippen LogP contribution in [0.3, 0.4) is 0 Å². The Morgan fingerprint density at radius 3 is 2.86 bits per heavy atom. The van der Waals surface area contributed by atoms with Gasteiger partial charge in [0.05, 0.1) is 12.3 Å². The highest BCUT2D eigenvalue weighted by Gasteiger charge is 2.07. The first kappa shape index (κ1) is 14.6. The molecule has 1 aromatic carbocycles. The zero-order valence-corrected chi connectivity index (χ0v) is 13.0. The number of hydrogen-bond donors (Lipinski definition) is 0. The topological polar surface area (TPSA) is 22.1 Å². The van der Waals surface area contributed by atoms with E-state index in [1.165, 1.54) is 10.8 Å². The number of ether oxygens (including phenoxy) is 1. The van der Waals surface area contributed by atoms with E-state index in [-0.39, 0.29) is 0 Å². The van der Waals surface area contributed by atoms with Crippen molar-refractivity contribution in [2.75, 3.05) is 6.61 Å². The van der Waals surface area contributed by atoms with Crippen molar-refractivity contribution in [1.29, 1.82) is 0 Å². The average molecular weight is 291 g/mol. The molecule has 0 N–H and O–H groups in total. The molecule has 2 aromatic rings. The molecule has 3 rings (SSSR count). The van der Waals surface area contributed by atoms with Crippen LogP contribution in [0.4, 0.5) is 0 Å². The number of pyridine rings is 1. The molecule has 0 saturated heterocycles. The Kier molecular flexibility index (Phi) is 4.69. The SMILES string of the molecule is CCCOC1=CCCC=C1/C=C/c1nccc2ccccc12. The number of aromatic nitrogens is 1. The molecule has 0 spiro atoms. The van der Waals surface area contributed by atoms with Crippen LogP contribution in [0.15, 0.2) is 66.1 Å². The number of fused-ring (bicyclic) bond motifs is 1. The summed E-state index contributed by atoms with van der Waals surface area (Å²) < 4.78 is 5.84. The second kappa shape index (κ2) is 7.08. The molecule has 1 aromatic heterocycles. The molecule has 0 bridgehead atoms. The molecule has 1 heterocycles. The molecule has 0 amide bonds. The van der Waals surface area contributed by atoms with Crippen molar-refractivity contribution in [3.63, 3.8) is 0 Å². The average Bonchev–Trinajstić information content (AvgIpc) is 2.59. The first-order valence-electron chi connectivity index (χ1n) is 7.94. The molecule has 0 aliphatic heterocycles. The number of benzene rings is 1. The van der Waals surface area contributed by atoms with Gasteiger partial charge in [-0.05, 0) is 48.9 Å². The van der Waals surface area contributed by atoms with Crippen molar-refractivity contribution >= 4 is 16.8 Å². The molecule has 2 heteroatoms. The fourth-order valence-corrected chi connectivity index (χ4v) is 2.62. The van der Waals surface area contributed by atoms with Crippen molar-refractivity contribution in [2.45, 2.75) is 26.2 Å². The number of allylic oxidation sites excluding steroid dienone is 3. The Hall–Kier alpha value is -2.35. The lowest BCUT2D eigenvalue weighted by Crippen LogP contribution is -1.99. The number of nitrogens with zero attached hydrogens (tertiary/aromatic N) is 1. The van der Waals surface area contributed by atoms with Crippen molar-refractivity contribution < 1.29 is 4.74 Å². The van der Waals surface area contributed by atoms with Crippen LogP contribution in [0, 0.1) is 0 Å². The highest BCUT2D eigenvalue weighted by Crippen LogP contribution is 2.23. The van der Waals surface area contributed by atoms with Gasteiger partial charge in [-0.25, -0.2) is 0 Å². The van der Waals surface area contributed by atoms with Crippen LogP contribution in [0.2, 0.25) is 0 Å². The lowest BCUT2D eigenvalue weighted by Gasteiger charge is -2.14. The van der Waals surface area contributed by atoms with Gasteiger partial charge in [-0.3, -0.25) is 4.98 Å². The molecule has 1 aliphatic rings. The Morgan fingerprint density at radius 1 is 1.09 bits per heavy atom. The fraction of sp³-hybridized carbons (Fsp3) is 0.250. The molecule has 22 heavy (non-hydrogen) atoms. The van der Waals surface area contributed by atoms with E-state index >= 15 is 0 Å². The highest BCUT2D eigenvalue weighted by atomic mass is 16.5. The van der Waals surface area contributed by atoms with Crippen LogP contribution in [-0.2, 0) is 4.74 Å². The van der Waals surface area contributed by atoms with Crippen molar-refractivity contribution in [1.82, 2.24) is 4.98 Å². The Morgan fingerprint density at radius 2 is 1.95 bits per heavy atom. The van der Waals surface area contributed by atoms with E-state index in [9.17, 15) is 0 Å². The van der Waals surface area contributed by atoms with Gasteiger partial charge in [-0.1, -0.05) is 37.3 Å². The fourth-order valence-electron chi connectivity index (χ4n) is 2.62. The number of hydrogen-bond acceptors (Lipinski definition) is 2. The van der Waals surface area contributed by atoms with Crippen molar-refractivity contribution in [2.24, 2.45) is 0 Å². The molecule has 2 nitrogen and oxygen atoms in total. The summed E-state index contributed by atoms with van der Waals surface area (Å²) in [7, 11) is 0. The zero-order valence-electron chi connectivity index (χ0n) is 13.0. The summed E-state index contributed by atoms with van der Waals surface area (Å²) in [5.41, 5.74) is 2.16. The zero-order chi connectivity index (χ0) is 15.2. The third-order valence-corrected chi connectivity index (χ3v) is 3.73. The summed E-state index contributed by atoms with van der Waals surface area (Å²) in [5.74, 6) is 1.00. The summed E-state index contributed by atoms with van der Waals surface area (Å²) in [4.78, 5) is 4.50. The third kappa shape index (κ3) is 3.28. The smallest absolute Gasteiger partial charge is 0.122 e. The van der Waals surface area contributed by atoms with Gasteiger partial charge in [0.2, 0.25) is 0 Å². The molecule has 0 fully saturated rings. The lowest BCUT2D eigenvalue weighted by atomic mass is 10.0. The van der Waals surface area contributed by atoms with E-state index < -0.39 is 0 Å². The van der Waals surface area contributed by atoms with E-state index in [2.05, 4.69) is 60.5 Å². The Labute approximate surface area is 131 Å². The van der Waals surface area contributed by atoms with E-state index in [1.54, 1.807) is 0 Å². The van der Waals surface area contributed by atoms with Gasteiger partial charge in [0.25, 0.3) is 0 Å². The van der Waals surface area contributed by atoms with E-state index in [4.69, 9.17) is 4.74 Å². The summed E-state index contributed by atoms with van der Waals surface area (Å²) in [6, 6.07) is 10.4. The quantitative estimate of drug-likeness (QED) is 0.747. The molecule has 1 aliphatic carbocycles. The minimum Gasteiger partial charge on any atom is -0.493 e. The van der Waals surface area contributed by atoms with Crippen LogP contribution >= 0.6 is 0 Å². The molecule has 112 valence electrons. The maximum atomic E-state index is 5.84. The van der Waals surface area contributed by atoms with Crippen LogP contribution in [0.1, 0.15) is 31.9 Å². The maximum Gasteiger partial charge on any atom is 0.122 e. The minimum absolute atomic E-state index is 0.767. The van der Waals surface area contributed by atoms with E-state index in [0.717, 1.165) is 42.9 Å². The number of rotatable bonds is 5. The predicted molar refractivity (Wildman–Crippen MR) is 92.4 cm³/mol. The van der Waals surface area contributed by atoms with Gasteiger partial charge in [0.1, 0.15) is 5.76 Å². The first-order valence-corrected chi connectivity index (χ1v) is 7.94. The minimum atomic E-state index is 0.767. The van der Waals surface area contributed by atoms with Gasteiger partial charge >= 0.3 is 0 Å². The standard InChI is InChI=1S/C20H21NO/c1-2-15-22-20-10-6-4-8-17(20)11-12-19-18-9-5-3-7-16(18)13-14-21-19/h3,5,7-14H,2,4,6,15H2,1H3/b12-11+. The summed E-state index contributed by atoms with van der Waals surface area (Å²) in [6.07, 6.45) is 13.7. The largest absolute Gasteiger partial charge is 0.493 e. The highest BCUT2D eigenvalue weighted by molar-refractivity contribution is 5.89. The second-order valence-corrected chi connectivity index (χ2v) is 5.40. The molecule has 0 radical (unpaired) electrons. The molecular formula is C20H21NO. The monoisotopic (exact) mass is 291 g/mol. The Balaban J connectivity index is 1.86. The maximum absolute atomic E-state index is 5.84. The molecule has 0 saturated carbocycles. The first-order chi connectivity index (χ1) is 10.9.